The molecule has 0 spiro atoms. The zero-order chi connectivity index (χ0) is 16.4. The van der Waals surface area contributed by atoms with E-state index in [0.717, 1.165) is 31.5 Å². The molecule has 0 radical (unpaired) electrons. The fourth-order valence-electron chi connectivity index (χ4n) is 2.64. The molecule has 3 rings (SSSR count). The maximum Gasteiger partial charge on any atom is 0.263 e. The van der Waals surface area contributed by atoms with Crippen molar-refractivity contribution < 1.29 is 8.42 Å². The minimum absolute atomic E-state index is 0.0247. The maximum atomic E-state index is 12.5. The van der Waals surface area contributed by atoms with E-state index in [1.807, 2.05) is 12.1 Å². The van der Waals surface area contributed by atoms with Gasteiger partial charge in [-0.1, -0.05) is 35.3 Å². The molecule has 0 fully saturated rings. The fraction of sp³-hybridized carbons (Fsp3) is 0.250. The average Bonchev–Trinajstić information content (AvgIpc) is 2.74. The fourth-order valence-corrected chi connectivity index (χ4v) is 4.45. The highest BCUT2D eigenvalue weighted by molar-refractivity contribution is 7.92. The quantitative estimate of drug-likeness (QED) is 0.869. The third-order valence-corrected chi connectivity index (χ3v) is 6.16. The van der Waals surface area contributed by atoms with E-state index in [1.54, 1.807) is 18.2 Å². The predicted octanol–water partition coefficient (Wildman–Crippen LogP) is 3.48. The van der Waals surface area contributed by atoms with Gasteiger partial charge in [0.15, 0.2) is 0 Å². The Hall–Kier alpha value is -1.27. The summed E-state index contributed by atoms with van der Waals surface area (Å²) in [7, 11) is -3.78. The smallest absolute Gasteiger partial charge is 0.263 e. The molecule has 4 nitrogen and oxygen atoms in total. The third kappa shape index (κ3) is 3.63. The Morgan fingerprint density at radius 3 is 2.52 bits per heavy atom. The Morgan fingerprint density at radius 2 is 1.74 bits per heavy atom. The molecule has 0 aromatic heterocycles. The van der Waals surface area contributed by atoms with Gasteiger partial charge in [-0.3, -0.25) is 4.72 Å². The van der Waals surface area contributed by atoms with Crippen LogP contribution in [-0.4, -0.2) is 21.5 Å². The first-order valence-corrected chi connectivity index (χ1v) is 9.50. The van der Waals surface area contributed by atoms with Crippen molar-refractivity contribution >= 4 is 38.9 Å². The first kappa shape index (κ1) is 16.6. The Labute approximate surface area is 145 Å². The molecule has 0 saturated carbocycles. The molecule has 0 unspecified atom stereocenters. The molecule has 0 bridgehead atoms. The van der Waals surface area contributed by atoms with Crippen LogP contribution in [0, 0.1) is 0 Å². The minimum Gasteiger partial charge on any atom is -0.316 e. The molecule has 2 aromatic carbocycles. The summed E-state index contributed by atoms with van der Waals surface area (Å²) in [4.78, 5) is -0.0247. The number of benzene rings is 2. The van der Waals surface area contributed by atoms with Gasteiger partial charge in [0.2, 0.25) is 0 Å². The van der Waals surface area contributed by atoms with E-state index in [2.05, 4.69) is 10.0 Å². The number of rotatable bonds is 3. The third-order valence-electron chi connectivity index (χ3n) is 3.81. The SMILES string of the molecule is O=S(=O)(Nc1ccc2c(c1)CCNCC2)c1cccc(Cl)c1Cl. The van der Waals surface area contributed by atoms with Gasteiger partial charge in [-0.2, -0.15) is 0 Å². The van der Waals surface area contributed by atoms with Crippen LogP contribution in [0.2, 0.25) is 10.0 Å². The van der Waals surface area contributed by atoms with Crippen LogP contribution in [0.15, 0.2) is 41.3 Å². The normalized spacial score (nSPS) is 14.9. The van der Waals surface area contributed by atoms with Crippen molar-refractivity contribution in [2.24, 2.45) is 0 Å². The monoisotopic (exact) mass is 370 g/mol. The molecule has 122 valence electrons. The summed E-state index contributed by atoms with van der Waals surface area (Å²) in [5.74, 6) is 0. The van der Waals surface area contributed by atoms with E-state index in [4.69, 9.17) is 23.2 Å². The van der Waals surface area contributed by atoms with Crippen LogP contribution in [0.5, 0.6) is 0 Å². The van der Waals surface area contributed by atoms with Crippen molar-refractivity contribution in [3.63, 3.8) is 0 Å². The Balaban J connectivity index is 1.92. The lowest BCUT2D eigenvalue weighted by atomic mass is 10.0. The molecule has 2 N–H and O–H groups in total. The van der Waals surface area contributed by atoms with Crippen LogP contribution in [-0.2, 0) is 22.9 Å². The van der Waals surface area contributed by atoms with Crippen molar-refractivity contribution in [3.8, 4) is 0 Å². The Kier molecular flexibility index (Phi) is 4.82. The van der Waals surface area contributed by atoms with Crippen molar-refractivity contribution in [3.05, 3.63) is 57.6 Å². The lowest BCUT2D eigenvalue weighted by Gasteiger charge is -2.12. The van der Waals surface area contributed by atoms with Gasteiger partial charge in [-0.25, -0.2) is 8.42 Å². The largest absolute Gasteiger partial charge is 0.316 e. The summed E-state index contributed by atoms with van der Waals surface area (Å²) in [5, 5.41) is 3.57. The molecule has 0 amide bonds. The number of nitrogens with one attached hydrogen (secondary N) is 2. The van der Waals surface area contributed by atoms with Crippen LogP contribution in [0.25, 0.3) is 0 Å². The number of halogens is 2. The van der Waals surface area contributed by atoms with E-state index >= 15 is 0 Å². The van der Waals surface area contributed by atoms with E-state index in [9.17, 15) is 8.42 Å². The van der Waals surface area contributed by atoms with Gasteiger partial charge in [0.05, 0.1) is 10.0 Å². The van der Waals surface area contributed by atoms with Crippen LogP contribution in [0.3, 0.4) is 0 Å². The lowest BCUT2D eigenvalue weighted by Crippen LogP contribution is -2.16. The number of anilines is 1. The highest BCUT2D eigenvalue weighted by Crippen LogP contribution is 2.30. The number of fused-ring (bicyclic) bond motifs is 1. The van der Waals surface area contributed by atoms with E-state index in [0.29, 0.717) is 5.69 Å². The molecule has 0 aliphatic carbocycles. The summed E-state index contributed by atoms with van der Waals surface area (Å²) < 4.78 is 27.7. The highest BCUT2D eigenvalue weighted by atomic mass is 35.5. The zero-order valence-electron chi connectivity index (χ0n) is 12.3. The molecular formula is C16H16Cl2N2O2S. The first-order chi connectivity index (χ1) is 11.0. The van der Waals surface area contributed by atoms with Gasteiger partial charge >= 0.3 is 0 Å². The maximum absolute atomic E-state index is 12.5. The molecule has 1 aliphatic heterocycles. The number of hydrogen-bond acceptors (Lipinski definition) is 3. The van der Waals surface area contributed by atoms with Crippen LogP contribution in [0.4, 0.5) is 5.69 Å². The topological polar surface area (TPSA) is 58.2 Å². The zero-order valence-corrected chi connectivity index (χ0v) is 14.6. The number of sulfonamides is 1. The minimum atomic E-state index is -3.78. The molecule has 1 aliphatic rings. The molecule has 23 heavy (non-hydrogen) atoms. The van der Waals surface area contributed by atoms with Gasteiger partial charge in [0.1, 0.15) is 4.90 Å². The summed E-state index contributed by atoms with van der Waals surface area (Å²) in [5.41, 5.74) is 2.94. The Bertz CT molecular complexity index is 838. The number of hydrogen-bond donors (Lipinski definition) is 2. The summed E-state index contributed by atoms with van der Waals surface area (Å²) in [6.07, 6.45) is 1.82. The molecule has 2 aromatic rings. The molecule has 1 heterocycles. The average molecular weight is 371 g/mol. The van der Waals surface area contributed by atoms with Crippen LogP contribution < -0.4 is 10.0 Å². The van der Waals surface area contributed by atoms with Crippen LogP contribution in [0.1, 0.15) is 11.1 Å². The first-order valence-electron chi connectivity index (χ1n) is 7.27. The van der Waals surface area contributed by atoms with E-state index in [1.165, 1.54) is 11.6 Å². The summed E-state index contributed by atoms with van der Waals surface area (Å²) >= 11 is 11.9. The van der Waals surface area contributed by atoms with Gasteiger partial charge in [-0.15, -0.1) is 0 Å². The molecule has 0 atom stereocenters. The molecular weight excluding hydrogens is 355 g/mol. The van der Waals surface area contributed by atoms with Crippen LogP contribution >= 0.6 is 23.2 Å². The molecule has 7 heteroatoms. The summed E-state index contributed by atoms with van der Waals surface area (Å²) in [6.45, 7) is 1.83. The van der Waals surface area contributed by atoms with Gasteiger partial charge in [0, 0.05) is 5.69 Å². The summed E-state index contributed by atoms with van der Waals surface area (Å²) in [6, 6.07) is 10.2. The van der Waals surface area contributed by atoms with Gasteiger partial charge in [0.25, 0.3) is 10.0 Å². The Morgan fingerprint density at radius 1 is 1.00 bits per heavy atom. The lowest BCUT2D eigenvalue weighted by molar-refractivity contribution is 0.601. The highest BCUT2D eigenvalue weighted by Gasteiger charge is 2.20. The second-order valence-corrected chi connectivity index (χ2v) is 7.83. The van der Waals surface area contributed by atoms with E-state index < -0.39 is 10.0 Å². The van der Waals surface area contributed by atoms with Crippen molar-refractivity contribution in [2.75, 3.05) is 17.8 Å². The molecule has 0 saturated heterocycles. The van der Waals surface area contributed by atoms with Crippen molar-refractivity contribution in [1.29, 1.82) is 0 Å². The van der Waals surface area contributed by atoms with Gasteiger partial charge in [-0.05, 0) is 61.3 Å². The van der Waals surface area contributed by atoms with Gasteiger partial charge < -0.3 is 5.32 Å². The van der Waals surface area contributed by atoms with Crippen molar-refractivity contribution in [2.45, 2.75) is 17.7 Å². The van der Waals surface area contributed by atoms with E-state index in [-0.39, 0.29) is 14.9 Å². The second kappa shape index (κ2) is 6.69. The van der Waals surface area contributed by atoms with Crippen molar-refractivity contribution in [1.82, 2.24) is 5.32 Å². The standard InChI is InChI=1S/C16H16Cl2N2O2S/c17-14-2-1-3-15(16(14)18)23(21,22)20-13-5-4-11-6-8-19-9-7-12(11)10-13/h1-5,10,19-20H,6-9H2. The second-order valence-electron chi connectivity index (χ2n) is 5.39. The predicted molar refractivity (Wildman–Crippen MR) is 94.0 cm³/mol.